The smallest absolute Gasteiger partial charge is 0.257 e. The van der Waals surface area contributed by atoms with Crippen LogP contribution in [0.4, 0.5) is 5.13 Å². The lowest BCUT2D eigenvalue weighted by molar-refractivity contribution is 0.102. The molecule has 0 atom stereocenters. The molecule has 1 N–H and O–H groups in total. The number of methoxy groups -OCH3 is 1. The quantitative estimate of drug-likeness (QED) is 0.943. The Hall–Kier alpha value is -1.95. The number of hydrogen-bond acceptors (Lipinski definition) is 5. The number of benzene rings is 1. The Labute approximate surface area is 122 Å². The van der Waals surface area contributed by atoms with Crippen LogP contribution in [0.3, 0.4) is 0 Å². The van der Waals surface area contributed by atoms with E-state index in [1.807, 2.05) is 0 Å². The number of nitrogens with one attached hydrogen (secondary N) is 1. The van der Waals surface area contributed by atoms with Crippen LogP contribution in [0.25, 0.3) is 0 Å². The number of anilines is 1. The van der Waals surface area contributed by atoms with E-state index in [0.717, 1.165) is 5.01 Å². The van der Waals surface area contributed by atoms with Gasteiger partial charge in [0.05, 0.1) is 7.11 Å². The Morgan fingerprint density at radius 3 is 2.65 bits per heavy atom. The molecule has 0 aliphatic rings. The fourth-order valence-electron chi connectivity index (χ4n) is 1.51. The number of aromatic nitrogens is 2. The number of rotatable bonds is 3. The third-order valence-corrected chi connectivity index (χ3v) is 3.88. The molecule has 0 saturated heterocycles. The van der Waals surface area contributed by atoms with E-state index in [-0.39, 0.29) is 11.3 Å². The molecule has 106 valence electrons. The highest BCUT2D eigenvalue weighted by Crippen LogP contribution is 2.28. The zero-order valence-electron chi connectivity index (χ0n) is 11.9. The first kappa shape index (κ1) is 14.5. The minimum Gasteiger partial charge on any atom is -0.497 e. The summed E-state index contributed by atoms with van der Waals surface area (Å²) in [6.45, 7) is 6.17. The van der Waals surface area contributed by atoms with Crippen LogP contribution in [0.2, 0.25) is 0 Å². The van der Waals surface area contributed by atoms with Gasteiger partial charge in [0.2, 0.25) is 5.13 Å². The molecule has 0 unspecified atom stereocenters. The fourth-order valence-corrected chi connectivity index (χ4v) is 2.31. The normalized spacial score (nSPS) is 11.2. The zero-order valence-corrected chi connectivity index (χ0v) is 12.7. The van der Waals surface area contributed by atoms with Gasteiger partial charge >= 0.3 is 0 Å². The van der Waals surface area contributed by atoms with Crippen LogP contribution >= 0.6 is 11.3 Å². The van der Waals surface area contributed by atoms with E-state index in [9.17, 15) is 4.79 Å². The predicted octanol–water partition coefficient (Wildman–Crippen LogP) is 3.10. The van der Waals surface area contributed by atoms with Crippen molar-refractivity contribution in [2.75, 3.05) is 12.4 Å². The van der Waals surface area contributed by atoms with Gasteiger partial charge in [0.15, 0.2) is 0 Å². The van der Waals surface area contributed by atoms with Gasteiger partial charge in [0.1, 0.15) is 10.8 Å². The van der Waals surface area contributed by atoms with Crippen LogP contribution in [0.15, 0.2) is 24.3 Å². The molecule has 5 nitrogen and oxygen atoms in total. The summed E-state index contributed by atoms with van der Waals surface area (Å²) >= 11 is 1.39. The molecule has 1 amide bonds. The van der Waals surface area contributed by atoms with Gasteiger partial charge in [-0.05, 0) is 18.2 Å². The molecular formula is C14H17N3O2S. The summed E-state index contributed by atoms with van der Waals surface area (Å²) in [4.78, 5) is 12.1. The summed E-state index contributed by atoms with van der Waals surface area (Å²) in [6.07, 6.45) is 0. The zero-order chi connectivity index (χ0) is 14.8. The van der Waals surface area contributed by atoms with E-state index < -0.39 is 0 Å². The number of carbonyl (C=O) groups excluding carboxylic acids is 1. The number of carbonyl (C=O) groups is 1. The van der Waals surface area contributed by atoms with Crippen LogP contribution in [0, 0.1) is 0 Å². The number of ether oxygens (including phenoxy) is 1. The lowest BCUT2D eigenvalue weighted by Crippen LogP contribution is -2.11. The molecule has 6 heteroatoms. The summed E-state index contributed by atoms with van der Waals surface area (Å²) in [5, 5.41) is 12.2. The molecule has 0 saturated carbocycles. The standard InChI is InChI=1S/C14H17N3O2S/c1-14(2,3)12-16-17-13(20-12)15-11(18)9-6-5-7-10(8-9)19-4/h5-8H,1-4H3,(H,15,17,18). The van der Waals surface area contributed by atoms with Crippen molar-refractivity contribution >= 4 is 22.4 Å². The summed E-state index contributed by atoms with van der Waals surface area (Å²) in [6, 6.07) is 6.97. The third kappa shape index (κ3) is 3.33. The van der Waals surface area contributed by atoms with Crippen molar-refractivity contribution in [3.05, 3.63) is 34.8 Å². The molecule has 1 heterocycles. The number of amides is 1. The summed E-state index contributed by atoms with van der Waals surface area (Å²) in [5.74, 6) is 0.422. The maximum Gasteiger partial charge on any atom is 0.257 e. The number of nitrogens with zero attached hydrogens (tertiary/aromatic N) is 2. The lowest BCUT2D eigenvalue weighted by atomic mass is 9.98. The minimum absolute atomic E-state index is 0.0728. The lowest BCUT2D eigenvalue weighted by Gasteiger charge is -2.12. The van der Waals surface area contributed by atoms with Gasteiger partial charge < -0.3 is 4.74 Å². The molecule has 2 rings (SSSR count). The van der Waals surface area contributed by atoms with Crippen molar-refractivity contribution in [2.45, 2.75) is 26.2 Å². The third-order valence-electron chi connectivity index (χ3n) is 2.62. The Kier molecular flexibility index (Phi) is 4.04. The fraction of sp³-hybridized carbons (Fsp3) is 0.357. The van der Waals surface area contributed by atoms with E-state index >= 15 is 0 Å². The Morgan fingerprint density at radius 1 is 1.30 bits per heavy atom. The Morgan fingerprint density at radius 2 is 2.05 bits per heavy atom. The van der Waals surface area contributed by atoms with Crippen molar-refractivity contribution in [1.29, 1.82) is 0 Å². The first-order valence-electron chi connectivity index (χ1n) is 6.19. The summed E-state index contributed by atoms with van der Waals surface area (Å²) in [7, 11) is 1.57. The van der Waals surface area contributed by atoms with E-state index in [4.69, 9.17) is 4.74 Å². The second-order valence-corrected chi connectivity index (χ2v) is 6.33. The van der Waals surface area contributed by atoms with E-state index in [0.29, 0.717) is 16.4 Å². The molecular weight excluding hydrogens is 274 g/mol. The molecule has 2 aromatic rings. The largest absolute Gasteiger partial charge is 0.497 e. The van der Waals surface area contributed by atoms with Crippen LogP contribution in [0.5, 0.6) is 5.75 Å². The first-order valence-corrected chi connectivity index (χ1v) is 7.01. The van der Waals surface area contributed by atoms with E-state index in [2.05, 4.69) is 36.3 Å². The molecule has 0 radical (unpaired) electrons. The monoisotopic (exact) mass is 291 g/mol. The van der Waals surface area contributed by atoms with Crippen LogP contribution < -0.4 is 10.1 Å². The van der Waals surface area contributed by atoms with E-state index in [1.54, 1.807) is 31.4 Å². The van der Waals surface area contributed by atoms with E-state index in [1.165, 1.54) is 11.3 Å². The highest BCUT2D eigenvalue weighted by atomic mass is 32.1. The second-order valence-electron chi connectivity index (χ2n) is 5.35. The van der Waals surface area contributed by atoms with Crippen molar-refractivity contribution in [3.8, 4) is 5.75 Å². The molecule has 0 spiro atoms. The summed E-state index contributed by atoms with van der Waals surface area (Å²) < 4.78 is 5.10. The molecule has 0 fully saturated rings. The van der Waals surface area contributed by atoms with Crippen LogP contribution in [-0.2, 0) is 5.41 Å². The summed E-state index contributed by atoms with van der Waals surface area (Å²) in [5.41, 5.74) is 0.452. The number of hydrogen-bond donors (Lipinski definition) is 1. The van der Waals surface area contributed by atoms with Gasteiger partial charge in [0, 0.05) is 11.0 Å². The van der Waals surface area contributed by atoms with Gasteiger partial charge in [-0.15, -0.1) is 10.2 Å². The average molecular weight is 291 g/mol. The van der Waals surface area contributed by atoms with Gasteiger partial charge in [-0.3, -0.25) is 10.1 Å². The van der Waals surface area contributed by atoms with Crippen LogP contribution in [0.1, 0.15) is 36.1 Å². The Bertz CT molecular complexity index is 617. The van der Waals surface area contributed by atoms with Crippen molar-refractivity contribution in [3.63, 3.8) is 0 Å². The van der Waals surface area contributed by atoms with Crippen molar-refractivity contribution < 1.29 is 9.53 Å². The van der Waals surface area contributed by atoms with Gasteiger partial charge in [-0.25, -0.2) is 0 Å². The van der Waals surface area contributed by atoms with Gasteiger partial charge in [-0.1, -0.05) is 38.2 Å². The second kappa shape index (κ2) is 5.58. The molecule has 1 aromatic carbocycles. The predicted molar refractivity (Wildman–Crippen MR) is 79.6 cm³/mol. The SMILES string of the molecule is COc1cccc(C(=O)Nc2nnc(C(C)(C)C)s2)c1. The topological polar surface area (TPSA) is 64.1 Å². The van der Waals surface area contributed by atoms with Gasteiger partial charge in [0.25, 0.3) is 5.91 Å². The van der Waals surface area contributed by atoms with Crippen LogP contribution in [-0.4, -0.2) is 23.2 Å². The minimum atomic E-state index is -0.222. The van der Waals surface area contributed by atoms with Crippen molar-refractivity contribution in [2.24, 2.45) is 0 Å². The van der Waals surface area contributed by atoms with Crippen molar-refractivity contribution in [1.82, 2.24) is 10.2 Å². The average Bonchev–Trinajstić information content (AvgIpc) is 2.87. The molecule has 20 heavy (non-hydrogen) atoms. The molecule has 1 aromatic heterocycles. The maximum atomic E-state index is 12.1. The van der Waals surface area contributed by atoms with Gasteiger partial charge in [-0.2, -0.15) is 0 Å². The highest BCUT2D eigenvalue weighted by Gasteiger charge is 2.20. The first-order chi connectivity index (χ1) is 9.40. The molecule has 0 aliphatic carbocycles. The Balaban J connectivity index is 2.13. The highest BCUT2D eigenvalue weighted by molar-refractivity contribution is 7.15. The molecule has 0 bridgehead atoms. The molecule has 0 aliphatic heterocycles. The maximum absolute atomic E-state index is 12.1.